The van der Waals surface area contributed by atoms with Crippen LogP contribution in [0.25, 0.3) is 0 Å². The molecule has 2 nitrogen and oxygen atoms in total. The van der Waals surface area contributed by atoms with Gasteiger partial charge in [-0.25, -0.2) is 4.98 Å². The Bertz CT molecular complexity index is 153. The van der Waals surface area contributed by atoms with Crippen LogP contribution in [0, 0.1) is 0 Å². The minimum atomic E-state index is 0.360. The lowest BCUT2D eigenvalue weighted by molar-refractivity contribution is 1.24. The molecule has 0 fully saturated rings. The molecule has 0 bridgehead atoms. The van der Waals surface area contributed by atoms with E-state index in [9.17, 15) is 0 Å². The summed E-state index contributed by atoms with van der Waals surface area (Å²) in [5.41, 5.74) is 0.384. The molecule has 0 aliphatic heterocycles. The van der Waals surface area contributed by atoms with E-state index in [0.717, 1.165) is 0 Å². The lowest BCUT2D eigenvalue weighted by Crippen LogP contribution is -2.06. The SMILES string of the molecule is [B]c1cnc(Cl)cn1. The van der Waals surface area contributed by atoms with Gasteiger partial charge in [-0.2, -0.15) is 0 Å². The van der Waals surface area contributed by atoms with Gasteiger partial charge in [-0.3, -0.25) is 4.98 Å². The number of halogens is 1. The van der Waals surface area contributed by atoms with Crippen LogP contribution < -0.4 is 5.59 Å². The highest BCUT2D eigenvalue weighted by atomic mass is 35.5. The van der Waals surface area contributed by atoms with Crippen molar-refractivity contribution in [3.63, 3.8) is 0 Å². The van der Waals surface area contributed by atoms with Crippen LogP contribution in [-0.4, -0.2) is 17.8 Å². The molecule has 1 aromatic rings. The van der Waals surface area contributed by atoms with Crippen molar-refractivity contribution in [2.75, 3.05) is 0 Å². The van der Waals surface area contributed by atoms with Gasteiger partial charge in [0.1, 0.15) is 13.0 Å². The lowest BCUT2D eigenvalue weighted by atomic mass is 10.1. The third-order valence-electron chi connectivity index (χ3n) is 0.640. The van der Waals surface area contributed by atoms with Crippen molar-refractivity contribution in [1.82, 2.24) is 9.97 Å². The summed E-state index contributed by atoms with van der Waals surface area (Å²) in [5.74, 6) is 0. The van der Waals surface area contributed by atoms with Crippen LogP contribution in [0.1, 0.15) is 0 Å². The zero-order chi connectivity index (χ0) is 5.98. The van der Waals surface area contributed by atoms with Gasteiger partial charge in [-0.15, -0.1) is 0 Å². The van der Waals surface area contributed by atoms with Gasteiger partial charge in [0, 0.05) is 11.8 Å². The third-order valence-corrected chi connectivity index (χ3v) is 0.835. The fourth-order valence-electron chi connectivity index (χ4n) is 0.322. The number of hydrogen-bond donors (Lipinski definition) is 0. The van der Waals surface area contributed by atoms with Crippen molar-refractivity contribution in [3.8, 4) is 0 Å². The van der Waals surface area contributed by atoms with E-state index in [0.29, 0.717) is 10.7 Å². The second-order valence-electron chi connectivity index (χ2n) is 1.26. The van der Waals surface area contributed by atoms with E-state index < -0.39 is 0 Å². The molecule has 2 radical (unpaired) electrons. The second kappa shape index (κ2) is 2.14. The molecule has 0 aromatic carbocycles. The van der Waals surface area contributed by atoms with Crippen LogP contribution in [0.3, 0.4) is 0 Å². The van der Waals surface area contributed by atoms with Crippen molar-refractivity contribution in [2.45, 2.75) is 0 Å². The first-order valence-electron chi connectivity index (χ1n) is 2.02. The molecule has 4 heteroatoms. The van der Waals surface area contributed by atoms with E-state index in [2.05, 4.69) is 9.97 Å². The van der Waals surface area contributed by atoms with Crippen LogP contribution in [0.2, 0.25) is 5.15 Å². The second-order valence-corrected chi connectivity index (χ2v) is 1.65. The Hall–Kier alpha value is -0.565. The normalized spacial score (nSPS) is 9.12. The van der Waals surface area contributed by atoms with Crippen LogP contribution >= 0.6 is 11.6 Å². The maximum atomic E-state index is 5.38. The largest absolute Gasteiger partial charge is 0.268 e. The zero-order valence-corrected chi connectivity index (χ0v) is 4.76. The summed E-state index contributed by atoms with van der Waals surface area (Å²) in [4.78, 5) is 7.32. The van der Waals surface area contributed by atoms with Gasteiger partial charge in [-0.1, -0.05) is 11.6 Å². The van der Waals surface area contributed by atoms with Crippen molar-refractivity contribution in [3.05, 3.63) is 17.5 Å². The van der Waals surface area contributed by atoms with Gasteiger partial charge >= 0.3 is 0 Å². The fourth-order valence-corrected chi connectivity index (χ4v) is 0.420. The summed E-state index contributed by atoms with van der Waals surface area (Å²) in [6, 6.07) is 0. The summed E-state index contributed by atoms with van der Waals surface area (Å²) in [7, 11) is 5.19. The molecular formula is C4H2BClN2. The molecular weight excluding hydrogens is 122 g/mol. The van der Waals surface area contributed by atoms with E-state index in [-0.39, 0.29) is 0 Å². The average Bonchev–Trinajstić information content (AvgIpc) is 1.77. The summed E-state index contributed by atoms with van der Waals surface area (Å²) >= 11 is 5.38. The quantitative estimate of drug-likeness (QED) is 0.452. The molecule has 0 spiro atoms. The highest BCUT2D eigenvalue weighted by molar-refractivity contribution is 6.31. The van der Waals surface area contributed by atoms with Crippen molar-refractivity contribution in [2.24, 2.45) is 0 Å². The molecule has 8 heavy (non-hydrogen) atoms. The van der Waals surface area contributed by atoms with E-state index in [1.165, 1.54) is 12.4 Å². The third kappa shape index (κ3) is 1.20. The predicted octanol–water partition coefficient (Wildman–Crippen LogP) is -0.0762. The molecule has 0 aliphatic rings. The maximum Gasteiger partial charge on any atom is 0.147 e. The van der Waals surface area contributed by atoms with Crippen molar-refractivity contribution >= 4 is 25.0 Å². The molecule has 0 N–H and O–H groups in total. The zero-order valence-electron chi connectivity index (χ0n) is 4.00. The molecule has 0 saturated heterocycles. The van der Waals surface area contributed by atoms with Crippen LogP contribution in [0.15, 0.2) is 12.4 Å². The Balaban J connectivity index is 3.03. The van der Waals surface area contributed by atoms with Gasteiger partial charge in [-0.05, 0) is 0 Å². The Kier molecular flexibility index (Phi) is 1.49. The predicted molar refractivity (Wildman–Crippen MR) is 32.4 cm³/mol. The summed E-state index contributed by atoms with van der Waals surface area (Å²) in [6.07, 6.45) is 2.80. The molecule has 0 atom stereocenters. The van der Waals surface area contributed by atoms with Crippen molar-refractivity contribution in [1.29, 1.82) is 0 Å². The van der Waals surface area contributed by atoms with Gasteiger partial charge in [0.15, 0.2) is 0 Å². The van der Waals surface area contributed by atoms with Crippen LogP contribution in [0.4, 0.5) is 0 Å². The highest BCUT2D eigenvalue weighted by Gasteiger charge is 1.84. The number of nitrogens with zero attached hydrogens (tertiary/aromatic N) is 2. The minimum Gasteiger partial charge on any atom is -0.268 e. The fraction of sp³-hybridized carbons (Fsp3) is 0. The van der Waals surface area contributed by atoms with Crippen LogP contribution in [-0.2, 0) is 0 Å². The summed E-state index contributed by atoms with van der Waals surface area (Å²) in [5, 5.41) is 0.360. The molecule has 0 aliphatic carbocycles. The van der Waals surface area contributed by atoms with Gasteiger partial charge in [0.25, 0.3) is 0 Å². The van der Waals surface area contributed by atoms with E-state index in [1.807, 2.05) is 0 Å². The Labute approximate surface area is 53.3 Å². The molecule has 0 amide bonds. The highest BCUT2D eigenvalue weighted by Crippen LogP contribution is 1.94. The molecule has 38 valence electrons. The Morgan fingerprint density at radius 1 is 1.38 bits per heavy atom. The Morgan fingerprint density at radius 3 is 2.50 bits per heavy atom. The van der Waals surface area contributed by atoms with Gasteiger partial charge in [0.2, 0.25) is 0 Å². The average molecular weight is 124 g/mol. The number of aromatic nitrogens is 2. The smallest absolute Gasteiger partial charge is 0.147 e. The first-order chi connectivity index (χ1) is 3.79. The Morgan fingerprint density at radius 2 is 2.12 bits per heavy atom. The molecule has 1 heterocycles. The van der Waals surface area contributed by atoms with E-state index >= 15 is 0 Å². The summed E-state index contributed by atoms with van der Waals surface area (Å²) < 4.78 is 0. The number of hydrogen-bond acceptors (Lipinski definition) is 2. The molecule has 1 aromatic heterocycles. The first-order valence-corrected chi connectivity index (χ1v) is 2.40. The number of rotatable bonds is 0. The first kappa shape index (κ1) is 5.57. The van der Waals surface area contributed by atoms with E-state index in [4.69, 9.17) is 19.4 Å². The minimum absolute atomic E-state index is 0.360. The van der Waals surface area contributed by atoms with Gasteiger partial charge < -0.3 is 0 Å². The molecule has 0 unspecified atom stereocenters. The lowest BCUT2D eigenvalue weighted by Gasteiger charge is -1.87. The van der Waals surface area contributed by atoms with Crippen LogP contribution in [0.5, 0.6) is 0 Å². The maximum absolute atomic E-state index is 5.38. The topological polar surface area (TPSA) is 25.8 Å². The van der Waals surface area contributed by atoms with E-state index in [1.54, 1.807) is 0 Å². The monoisotopic (exact) mass is 124 g/mol. The summed E-state index contributed by atoms with van der Waals surface area (Å²) in [6.45, 7) is 0. The molecule has 0 saturated carbocycles. The molecule has 1 rings (SSSR count). The standard InChI is InChI=1S/C4H2BClN2/c5-3-1-8-4(6)2-7-3/h1-2H. The van der Waals surface area contributed by atoms with Gasteiger partial charge in [0.05, 0.1) is 6.20 Å². The van der Waals surface area contributed by atoms with Crippen molar-refractivity contribution < 1.29 is 0 Å².